The van der Waals surface area contributed by atoms with Crippen LogP contribution in [0.15, 0.2) is 52.8 Å². The van der Waals surface area contributed by atoms with Crippen LogP contribution in [0.25, 0.3) is 11.4 Å². The molecule has 0 fully saturated rings. The van der Waals surface area contributed by atoms with Crippen molar-refractivity contribution in [1.29, 1.82) is 0 Å². The number of anilines is 1. The van der Waals surface area contributed by atoms with Crippen LogP contribution in [0, 0.1) is 20.8 Å². The monoisotopic (exact) mass is 425 g/mol. The summed E-state index contributed by atoms with van der Waals surface area (Å²) >= 11 is 1.19. The number of benzene rings is 1. The maximum Gasteiger partial charge on any atom is 0.325 e. The molecule has 2 heterocycles. The van der Waals surface area contributed by atoms with Gasteiger partial charge in [0.05, 0.1) is 17.6 Å². The van der Waals surface area contributed by atoms with E-state index in [4.69, 9.17) is 4.42 Å². The van der Waals surface area contributed by atoms with Gasteiger partial charge in [-0.2, -0.15) is 0 Å². The van der Waals surface area contributed by atoms with Crippen molar-refractivity contribution >= 4 is 29.4 Å². The lowest BCUT2D eigenvalue weighted by atomic mass is 10.1. The summed E-state index contributed by atoms with van der Waals surface area (Å²) in [6.45, 7) is 9.96. The van der Waals surface area contributed by atoms with E-state index in [1.807, 2.05) is 43.5 Å². The highest BCUT2D eigenvalue weighted by Crippen LogP contribution is 2.27. The summed E-state index contributed by atoms with van der Waals surface area (Å²) in [5, 5.41) is 14.0. The Morgan fingerprint density at radius 3 is 2.73 bits per heavy atom. The van der Waals surface area contributed by atoms with Crippen molar-refractivity contribution in [3.63, 3.8) is 0 Å². The van der Waals surface area contributed by atoms with Gasteiger partial charge in [0.1, 0.15) is 5.76 Å². The van der Waals surface area contributed by atoms with E-state index < -0.39 is 11.9 Å². The minimum atomic E-state index is -0.573. The Morgan fingerprint density at radius 2 is 2.03 bits per heavy atom. The number of hydrogen-bond donors (Lipinski definition) is 2. The molecule has 2 aromatic heterocycles. The zero-order valence-corrected chi connectivity index (χ0v) is 17.9. The third kappa shape index (κ3) is 4.80. The van der Waals surface area contributed by atoms with E-state index in [0.29, 0.717) is 23.2 Å². The summed E-state index contributed by atoms with van der Waals surface area (Å²) in [7, 11) is 0. The standard InChI is InChI=1S/C21H23N5O3S/c1-5-10-26-19(16-9-11-29-15(16)4)24-25-21(26)30-12-18(27)23-20(28)22-17-8-6-7-13(2)14(17)3/h5-9,11H,1,10,12H2,2-4H3,(H2,22,23,27,28). The van der Waals surface area contributed by atoms with E-state index in [1.165, 1.54) is 11.8 Å². The molecule has 0 spiro atoms. The summed E-state index contributed by atoms with van der Waals surface area (Å²) < 4.78 is 7.19. The number of nitrogens with zero attached hydrogens (tertiary/aromatic N) is 3. The van der Waals surface area contributed by atoms with Gasteiger partial charge in [0.25, 0.3) is 0 Å². The van der Waals surface area contributed by atoms with Crippen LogP contribution >= 0.6 is 11.8 Å². The first-order valence-electron chi connectivity index (χ1n) is 9.29. The number of urea groups is 1. The van der Waals surface area contributed by atoms with Gasteiger partial charge in [0.2, 0.25) is 5.91 Å². The fraction of sp³-hybridized carbons (Fsp3) is 0.238. The van der Waals surface area contributed by atoms with Gasteiger partial charge in [-0.1, -0.05) is 30.0 Å². The van der Waals surface area contributed by atoms with Crippen LogP contribution in [0.3, 0.4) is 0 Å². The Hall–Kier alpha value is -3.33. The zero-order chi connectivity index (χ0) is 21.7. The largest absolute Gasteiger partial charge is 0.469 e. The van der Waals surface area contributed by atoms with Crippen molar-refractivity contribution in [3.05, 3.63) is 60.1 Å². The number of hydrogen-bond acceptors (Lipinski definition) is 6. The van der Waals surface area contributed by atoms with Crippen LogP contribution in [-0.4, -0.2) is 32.5 Å². The van der Waals surface area contributed by atoms with Gasteiger partial charge in [0.15, 0.2) is 11.0 Å². The topological polar surface area (TPSA) is 102 Å². The highest BCUT2D eigenvalue weighted by atomic mass is 32.2. The van der Waals surface area contributed by atoms with Crippen LogP contribution in [-0.2, 0) is 11.3 Å². The molecule has 2 N–H and O–H groups in total. The molecule has 156 valence electrons. The van der Waals surface area contributed by atoms with E-state index in [-0.39, 0.29) is 5.75 Å². The Morgan fingerprint density at radius 1 is 1.23 bits per heavy atom. The quantitative estimate of drug-likeness (QED) is 0.437. The summed E-state index contributed by atoms with van der Waals surface area (Å²) in [5.41, 5.74) is 3.50. The number of carbonyl (C=O) groups excluding carboxylic acids is 2. The number of allylic oxidation sites excluding steroid dienone is 1. The highest BCUT2D eigenvalue weighted by Gasteiger charge is 2.18. The van der Waals surface area contributed by atoms with Crippen molar-refractivity contribution in [2.75, 3.05) is 11.1 Å². The molecule has 0 saturated carbocycles. The fourth-order valence-electron chi connectivity index (χ4n) is 2.84. The number of aryl methyl sites for hydroxylation is 2. The van der Waals surface area contributed by atoms with Gasteiger partial charge in [-0.15, -0.1) is 16.8 Å². The lowest BCUT2D eigenvalue weighted by molar-refractivity contribution is -0.117. The molecule has 3 aromatic rings. The number of rotatable bonds is 7. The number of thioether (sulfide) groups is 1. The zero-order valence-electron chi connectivity index (χ0n) is 17.1. The maximum atomic E-state index is 12.2. The third-order valence-electron chi connectivity index (χ3n) is 4.57. The van der Waals surface area contributed by atoms with Crippen molar-refractivity contribution in [2.24, 2.45) is 0 Å². The summed E-state index contributed by atoms with van der Waals surface area (Å²) in [6, 6.07) is 6.84. The van der Waals surface area contributed by atoms with Crippen LogP contribution in [0.5, 0.6) is 0 Å². The predicted molar refractivity (Wildman–Crippen MR) is 116 cm³/mol. The van der Waals surface area contributed by atoms with Crippen LogP contribution in [0.2, 0.25) is 0 Å². The molecule has 9 heteroatoms. The van der Waals surface area contributed by atoms with E-state index in [0.717, 1.165) is 22.5 Å². The third-order valence-corrected chi connectivity index (χ3v) is 5.53. The molecule has 30 heavy (non-hydrogen) atoms. The average Bonchev–Trinajstić information content (AvgIpc) is 3.30. The number of furan rings is 1. The second-order valence-electron chi connectivity index (χ2n) is 6.63. The van der Waals surface area contributed by atoms with Crippen LogP contribution in [0.1, 0.15) is 16.9 Å². The van der Waals surface area contributed by atoms with Crippen molar-refractivity contribution in [1.82, 2.24) is 20.1 Å². The molecule has 0 aliphatic heterocycles. The van der Waals surface area contributed by atoms with Crippen LogP contribution < -0.4 is 10.6 Å². The Kier molecular flexibility index (Phi) is 6.73. The first-order valence-corrected chi connectivity index (χ1v) is 10.3. The molecule has 0 aliphatic rings. The first kappa shape index (κ1) is 21.4. The Balaban J connectivity index is 1.62. The van der Waals surface area contributed by atoms with Crippen molar-refractivity contribution < 1.29 is 14.0 Å². The molecule has 3 amide bonds. The van der Waals surface area contributed by atoms with Crippen molar-refractivity contribution in [2.45, 2.75) is 32.5 Å². The second-order valence-corrected chi connectivity index (χ2v) is 7.58. The predicted octanol–water partition coefficient (Wildman–Crippen LogP) is 4.09. The molecule has 0 saturated heterocycles. The molecular formula is C21H23N5O3S. The molecule has 1 aromatic carbocycles. The summed E-state index contributed by atoms with van der Waals surface area (Å²) in [6.07, 6.45) is 3.32. The van der Waals surface area contributed by atoms with Gasteiger partial charge in [-0.05, 0) is 44.0 Å². The Labute approximate surface area is 178 Å². The lowest BCUT2D eigenvalue weighted by Gasteiger charge is -2.11. The van der Waals surface area contributed by atoms with Gasteiger partial charge >= 0.3 is 6.03 Å². The van der Waals surface area contributed by atoms with Gasteiger partial charge in [0, 0.05) is 12.2 Å². The summed E-state index contributed by atoms with van der Waals surface area (Å²) in [5.74, 6) is 0.943. The lowest BCUT2D eigenvalue weighted by Crippen LogP contribution is -2.35. The first-order chi connectivity index (χ1) is 14.4. The Bertz CT molecular complexity index is 1090. The highest BCUT2D eigenvalue weighted by molar-refractivity contribution is 7.99. The maximum absolute atomic E-state index is 12.2. The number of nitrogens with one attached hydrogen (secondary N) is 2. The van der Waals surface area contributed by atoms with Gasteiger partial charge in [-0.3, -0.25) is 14.7 Å². The molecule has 3 rings (SSSR count). The normalized spacial score (nSPS) is 10.6. The molecule has 0 atom stereocenters. The van der Waals surface area contributed by atoms with E-state index in [1.54, 1.807) is 18.4 Å². The molecule has 0 bridgehead atoms. The average molecular weight is 426 g/mol. The minimum absolute atomic E-state index is 0.0138. The van der Waals surface area contributed by atoms with Gasteiger partial charge in [-0.25, -0.2) is 4.79 Å². The summed E-state index contributed by atoms with van der Waals surface area (Å²) in [4.78, 5) is 24.4. The molecule has 0 radical (unpaired) electrons. The minimum Gasteiger partial charge on any atom is -0.469 e. The van der Waals surface area contributed by atoms with E-state index >= 15 is 0 Å². The molecule has 8 nitrogen and oxygen atoms in total. The van der Waals surface area contributed by atoms with Crippen LogP contribution in [0.4, 0.5) is 10.5 Å². The molecular weight excluding hydrogens is 402 g/mol. The molecule has 0 aliphatic carbocycles. The van der Waals surface area contributed by atoms with Gasteiger partial charge < -0.3 is 9.73 Å². The number of imide groups is 1. The number of amides is 3. The van der Waals surface area contributed by atoms with E-state index in [2.05, 4.69) is 27.4 Å². The van der Waals surface area contributed by atoms with Crippen molar-refractivity contribution in [3.8, 4) is 11.4 Å². The smallest absolute Gasteiger partial charge is 0.325 e. The SMILES string of the molecule is C=CCn1c(SCC(=O)NC(=O)Nc2cccc(C)c2C)nnc1-c1ccoc1C. The van der Waals surface area contributed by atoms with E-state index in [9.17, 15) is 9.59 Å². The second kappa shape index (κ2) is 9.45. The number of carbonyl (C=O) groups is 2. The molecule has 0 unspecified atom stereocenters. The number of aromatic nitrogens is 3. The fourth-order valence-corrected chi connectivity index (χ4v) is 3.59.